The van der Waals surface area contributed by atoms with E-state index in [4.69, 9.17) is 19.9 Å². The van der Waals surface area contributed by atoms with Crippen molar-refractivity contribution in [3.05, 3.63) is 18.2 Å². The number of benzene rings is 1. The Kier molecular flexibility index (Phi) is 6.61. The number of nitrogens with two attached hydrogens (primary N) is 1. The van der Waals surface area contributed by atoms with Crippen molar-refractivity contribution in [3.63, 3.8) is 0 Å². The Morgan fingerprint density at radius 3 is 1.95 bits per heavy atom. The predicted molar refractivity (Wildman–Crippen MR) is 78.5 cm³/mol. The van der Waals surface area contributed by atoms with Gasteiger partial charge in [-0.05, 0) is 12.3 Å². The SMILES string of the molecule is COc1cc(OC)cc(OC(CO)C(N)CC(C)C)c1. The standard InChI is InChI=1S/C15H25NO4/c1-10(2)5-14(16)15(9-17)20-13-7-11(18-3)6-12(8-13)19-4/h6-8,10,14-15,17H,5,9,16H2,1-4H3. The first-order valence-corrected chi connectivity index (χ1v) is 6.76. The number of hydrogen-bond acceptors (Lipinski definition) is 5. The highest BCUT2D eigenvalue weighted by molar-refractivity contribution is 5.42. The highest BCUT2D eigenvalue weighted by Gasteiger charge is 2.20. The fourth-order valence-corrected chi connectivity index (χ4v) is 1.98. The van der Waals surface area contributed by atoms with Crippen LogP contribution in [0.15, 0.2) is 18.2 Å². The second-order valence-electron chi connectivity index (χ2n) is 5.18. The molecular formula is C15H25NO4. The molecule has 5 nitrogen and oxygen atoms in total. The van der Waals surface area contributed by atoms with Gasteiger partial charge >= 0.3 is 0 Å². The summed E-state index contributed by atoms with van der Waals surface area (Å²) in [5, 5.41) is 9.46. The number of aliphatic hydroxyl groups is 1. The summed E-state index contributed by atoms with van der Waals surface area (Å²) in [4.78, 5) is 0. The highest BCUT2D eigenvalue weighted by Crippen LogP contribution is 2.28. The van der Waals surface area contributed by atoms with Gasteiger partial charge in [-0.2, -0.15) is 0 Å². The molecule has 2 unspecified atom stereocenters. The maximum absolute atomic E-state index is 9.46. The van der Waals surface area contributed by atoms with E-state index in [0.717, 1.165) is 6.42 Å². The van der Waals surface area contributed by atoms with Gasteiger partial charge < -0.3 is 25.1 Å². The molecule has 0 aliphatic rings. The van der Waals surface area contributed by atoms with Gasteiger partial charge in [0.25, 0.3) is 0 Å². The van der Waals surface area contributed by atoms with Crippen LogP contribution in [0.3, 0.4) is 0 Å². The van der Waals surface area contributed by atoms with E-state index in [1.54, 1.807) is 32.4 Å². The Morgan fingerprint density at radius 1 is 1.05 bits per heavy atom. The van der Waals surface area contributed by atoms with Crippen LogP contribution in [0, 0.1) is 5.92 Å². The summed E-state index contributed by atoms with van der Waals surface area (Å²) in [6, 6.07) is 5.02. The minimum atomic E-state index is -0.450. The van der Waals surface area contributed by atoms with Gasteiger partial charge in [-0.1, -0.05) is 13.8 Å². The van der Waals surface area contributed by atoms with Crippen LogP contribution in [0.5, 0.6) is 17.2 Å². The van der Waals surface area contributed by atoms with Gasteiger partial charge in [0.2, 0.25) is 0 Å². The van der Waals surface area contributed by atoms with Crippen LogP contribution < -0.4 is 19.9 Å². The van der Waals surface area contributed by atoms with Crippen molar-refractivity contribution in [2.75, 3.05) is 20.8 Å². The molecule has 0 bridgehead atoms. The number of ether oxygens (including phenoxy) is 3. The zero-order valence-corrected chi connectivity index (χ0v) is 12.6. The number of hydrogen-bond donors (Lipinski definition) is 2. The molecule has 114 valence electrons. The Bertz CT molecular complexity index is 387. The summed E-state index contributed by atoms with van der Waals surface area (Å²) in [5.41, 5.74) is 6.07. The summed E-state index contributed by atoms with van der Waals surface area (Å²) in [7, 11) is 3.15. The molecule has 0 aliphatic carbocycles. The molecule has 0 spiro atoms. The molecule has 1 rings (SSSR count). The van der Waals surface area contributed by atoms with Gasteiger partial charge in [-0.3, -0.25) is 0 Å². The second kappa shape index (κ2) is 7.97. The molecule has 0 saturated carbocycles. The molecule has 20 heavy (non-hydrogen) atoms. The quantitative estimate of drug-likeness (QED) is 0.761. The lowest BCUT2D eigenvalue weighted by molar-refractivity contribution is 0.0877. The lowest BCUT2D eigenvalue weighted by Gasteiger charge is -2.25. The van der Waals surface area contributed by atoms with Crippen LogP contribution >= 0.6 is 0 Å². The van der Waals surface area contributed by atoms with Crippen molar-refractivity contribution in [1.82, 2.24) is 0 Å². The van der Waals surface area contributed by atoms with Gasteiger partial charge in [0.1, 0.15) is 23.4 Å². The van der Waals surface area contributed by atoms with Crippen molar-refractivity contribution in [3.8, 4) is 17.2 Å². The summed E-state index contributed by atoms with van der Waals surface area (Å²) in [6.07, 6.45) is 0.334. The maximum Gasteiger partial charge on any atom is 0.137 e. The average Bonchev–Trinajstić information content (AvgIpc) is 2.43. The Labute approximate surface area is 120 Å². The summed E-state index contributed by atoms with van der Waals surface area (Å²) in [6.45, 7) is 4.04. The van der Waals surface area contributed by atoms with E-state index < -0.39 is 6.10 Å². The van der Waals surface area contributed by atoms with Gasteiger partial charge in [0, 0.05) is 24.2 Å². The molecule has 2 atom stereocenters. The zero-order chi connectivity index (χ0) is 15.1. The van der Waals surface area contributed by atoms with E-state index in [-0.39, 0.29) is 12.6 Å². The lowest BCUT2D eigenvalue weighted by Crippen LogP contribution is -2.42. The Morgan fingerprint density at radius 2 is 1.55 bits per heavy atom. The van der Waals surface area contributed by atoms with Crippen molar-refractivity contribution in [2.24, 2.45) is 11.7 Å². The average molecular weight is 283 g/mol. The lowest BCUT2D eigenvalue weighted by atomic mass is 10.0. The molecule has 0 heterocycles. The van der Waals surface area contributed by atoms with E-state index >= 15 is 0 Å². The van der Waals surface area contributed by atoms with Crippen molar-refractivity contribution in [2.45, 2.75) is 32.4 Å². The number of rotatable bonds is 8. The molecule has 0 amide bonds. The summed E-state index contributed by atoms with van der Waals surface area (Å²) < 4.78 is 16.1. The Balaban J connectivity index is 2.83. The Hall–Kier alpha value is -1.46. The first-order valence-electron chi connectivity index (χ1n) is 6.76. The van der Waals surface area contributed by atoms with E-state index in [2.05, 4.69) is 13.8 Å². The molecule has 1 aromatic rings. The molecule has 5 heteroatoms. The van der Waals surface area contributed by atoms with Crippen molar-refractivity contribution < 1.29 is 19.3 Å². The first kappa shape index (κ1) is 16.6. The molecule has 3 N–H and O–H groups in total. The van der Waals surface area contributed by atoms with Crippen LogP contribution in [0.1, 0.15) is 20.3 Å². The minimum absolute atomic E-state index is 0.132. The fraction of sp³-hybridized carbons (Fsp3) is 0.600. The van der Waals surface area contributed by atoms with E-state index in [1.807, 2.05) is 0 Å². The molecule has 0 saturated heterocycles. The van der Waals surface area contributed by atoms with Gasteiger partial charge in [0.05, 0.1) is 20.8 Å². The topological polar surface area (TPSA) is 73.9 Å². The molecule has 1 aromatic carbocycles. The van der Waals surface area contributed by atoms with Crippen molar-refractivity contribution in [1.29, 1.82) is 0 Å². The summed E-state index contributed by atoms with van der Waals surface area (Å²) in [5.74, 6) is 2.28. The first-order chi connectivity index (χ1) is 9.49. The normalized spacial score (nSPS) is 13.9. The zero-order valence-electron chi connectivity index (χ0n) is 12.6. The third kappa shape index (κ3) is 4.90. The number of aliphatic hydroxyl groups excluding tert-OH is 1. The van der Waals surface area contributed by atoms with E-state index in [9.17, 15) is 5.11 Å². The second-order valence-corrected chi connectivity index (χ2v) is 5.18. The molecular weight excluding hydrogens is 258 g/mol. The van der Waals surface area contributed by atoms with E-state index in [0.29, 0.717) is 23.2 Å². The van der Waals surface area contributed by atoms with Crippen LogP contribution in [0.2, 0.25) is 0 Å². The van der Waals surface area contributed by atoms with Crippen LogP contribution in [0.25, 0.3) is 0 Å². The van der Waals surface area contributed by atoms with Gasteiger partial charge in [0.15, 0.2) is 0 Å². The third-order valence-electron chi connectivity index (χ3n) is 3.01. The molecule has 0 fully saturated rings. The largest absolute Gasteiger partial charge is 0.496 e. The summed E-state index contributed by atoms with van der Waals surface area (Å²) >= 11 is 0. The number of methoxy groups -OCH3 is 2. The van der Waals surface area contributed by atoms with Gasteiger partial charge in [-0.15, -0.1) is 0 Å². The maximum atomic E-state index is 9.46. The highest BCUT2D eigenvalue weighted by atomic mass is 16.5. The van der Waals surface area contributed by atoms with Crippen LogP contribution in [-0.2, 0) is 0 Å². The predicted octanol–water partition coefficient (Wildman–Crippen LogP) is 1.82. The van der Waals surface area contributed by atoms with Crippen LogP contribution in [-0.4, -0.2) is 38.1 Å². The minimum Gasteiger partial charge on any atom is -0.496 e. The van der Waals surface area contributed by atoms with Gasteiger partial charge in [-0.25, -0.2) is 0 Å². The monoisotopic (exact) mass is 283 g/mol. The van der Waals surface area contributed by atoms with E-state index in [1.165, 1.54) is 0 Å². The van der Waals surface area contributed by atoms with Crippen LogP contribution in [0.4, 0.5) is 0 Å². The molecule has 0 aromatic heterocycles. The third-order valence-corrected chi connectivity index (χ3v) is 3.01. The smallest absolute Gasteiger partial charge is 0.137 e. The molecule has 0 aliphatic heterocycles. The molecule has 0 radical (unpaired) electrons. The van der Waals surface area contributed by atoms with Crippen molar-refractivity contribution >= 4 is 0 Å². The fourth-order valence-electron chi connectivity index (χ4n) is 1.98.